The zero-order valence-electron chi connectivity index (χ0n) is 12.8. The Morgan fingerprint density at radius 2 is 1.81 bits per heavy atom. The molecule has 21 heavy (non-hydrogen) atoms. The molecule has 0 spiro atoms. The minimum Gasteiger partial charge on any atom is -0.480 e. The summed E-state index contributed by atoms with van der Waals surface area (Å²) in [6.45, 7) is 4.88. The van der Waals surface area contributed by atoms with Gasteiger partial charge in [0.2, 0.25) is 0 Å². The van der Waals surface area contributed by atoms with Crippen LogP contribution in [0.15, 0.2) is 11.1 Å². The molecule has 1 aliphatic rings. The summed E-state index contributed by atoms with van der Waals surface area (Å²) in [5, 5.41) is 18.7. The van der Waals surface area contributed by atoms with Gasteiger partial charge in [-0.2, -0.15) is 0 Å². The number of nitrogens with zero attached hydrogens (tertiary/aromatic N) is 1. The molecule has 1 heterocycles. The van der Waals surface area contributed by atoms with Gasteiger partial charge >= 0.3 is 5.97 Å². The highest BCUT2D eigenvalue weighted by Crippen LogP contribution is 2.27. The summed E-state index contributed by atoms with van der Waals surface area (Å²) in [6.07, 6.45) is 3.04. The molecule has 1 rings (SSSR count). The lowest BCUT2D eigenvalue weighted by molar-refractivity contribution is -0.158. The van der Waals surface area contributed by atoms with Crippen molar-refractivity contribution in [3.05, 3.63) is 11.1 Å². The second-order valence-electron chi connectivity index (χ2n) is 5.42. The molecule has 6 heteroatoms. The molecule has 0 aromatic carbocycles. The Labute approximate surface area is 124 Å². The van der Waals surface area contributed by atoms with Crippen molar-refractivity contribution in [3.8, 4) is 0 Å². The van der Waals surface area contributed by atoms with E-state index >= 15 is 0 Å². The second kappa shape index (κ2) is 7.36. The Morgan fingerprint density at radius 3 is 2.29 bits per heavy atom. The van der Waals surface area contributed by atoms with Gasteiger partial charge in [0, 0.05) is 11.1 Å². The molecule has 0 aromatic rings. The number of carbonyl (C=O) groups is 3. The van der Waals surface area contributed by atoms with Crippen LogP contribution in [0.4, 0.5) is 0 Å². The lowest BCUT2D eigenvalue weighted by Crippen LogP contribution is -2.51. The predicted octanol–water partition coefficient (Wildman–Crippen LogP) is 1.48. The van der Waals surface area contributed by atoms with Crippen LogP contribution in [0.2, 0.25) is 0 Å². The first-order valence-corrected chi connectivity index (χ1v) is 7.31. The molecule has 0 fully saturated rings. The number of hydrogen-bond donors (Lipinski definition) is 2. The monoisotopic (exact) mass is 297 g/mol. The van der Waals surface area contributed by atoms with Gasteiger partial charge in [-0.1, -0.05) is 26.2 Å². The Balaban J connectivity index is 2.88. The van der Waals surface area contributed by atoms with Crippen molar-refractivity contribution in [2.75, 3.05) is 0 Å². The van der Waals surface area contributed by atoms with Crippen molar-refractivity contribution < 1.29 is 24.6 Å². The molecule has 118 valence electrons. The van der Waals surface area contributed by atoms with E-state index < -0.39 is 29.9 Å². The van der Waals surface area contributed by atoms with Gasteiger partial charge in [0.25, 0.3) is 11.8 Å². The Hall–Kier alpha value is -1.69. The number of rotatable bonds is 8. The molecule has 2 amide bonds. The largest absolute Gasteiger partial charge is 0.480 e. The predicted molar refractivity (Wildman–Crippen MR) is 76.4 cm³/mol. The minimum absolute atomic E-state index is 0.295. The first-order valence-electron chi connectivity index (χ1n) is 7.31. The van der Waals surface area contributed by atoms with Crippen molar-refractivity contribution in [2.45, 2.75) is 65.0 Å². The van der Waals surface area contributed by atoms with Gasteiger partial charge < -0.3 is 10.2 Å². The van der Waals surface area contributed by atoms with E-state index in [-0.39, 0.29) is 0 Å². The number of carbonyl (C=O) groups excluding carboxylic acids is 2. The number of amides is 2. The fraction of sp³-hybridized carbons (Fsp3) is 0.667. The van der Waals surface area contributed by atoms with Crippen LogP contribution in [0.1, 0.15) is 52.9 Å². The van der Waals surface area contributed by atoms with Crippen LogP contribution >= 0.6 is 0 Å². The summed E-state index contributed by atoms with van der Waals surface area (Å²) in [6, 6.07) is -1.53. The maximum absolute atomic E-state index is 12.3. The molecule has 0 aromatic heterocycles. The first-order chi connectivity index (χ1) is 9.82. The van der Waals surface area contributed by atoms with Gasteiger partial charge in [-0.05, 0) is 26.7 Å². The minimum atomic E-state index is -1.53. The van der Waals surface area contributed by atoms with Crippen molar-refractivity contribution in [2.24, 2.45) is 0 Å². The molecule has 2 unspecified atom stereocenters. The standard InChI is InChI=1S/C15H23NO5/c1-4-5-6-7-8-11-9(2)13(18)16(14(11)19)12(10(3)17)15(20)21/h10,12,17H,4-8H2,1-3H3,(H,20,21). The van der Waals surface area contributed by atoms with Gasteiger partial charge in [0.05, 0.1) is 6.10 Å². The van der Waals surface area contributed by atoms with E-state index in [1.807, 2.05) is 0 Å². The number of aliphatic hydroxyl groups is 1. The maximum atomic E-state index is 12.3. The molecule has 0 aliphatic carbocycles. The van der Waals surface area contributed by atoms with E-state index in [0.29, 0.717) is 22.5 Å². The maximum Gasteiger partial charge on any atom is 0.329 e. The average molecular weight is 297 g/mol. The van der Waals surface area contributed by atoms with Crippen molar-refractivity contribution >= 4 is 17.8 Å². The Bertz CT molecular complexity index is 467. The number of imide groups is 1. The number of hydrogen-bond acceptors (Lipinski definition) is 4. The van der Waals surface area contributed by atoms with E-state index in [0.717, 1.165) is 25.7 Å². The summed E-state index contributed by atoms with van der Waals surface area (Å²) < 4.78 is 0. The van der Waals surface area contributed by atoms with Crippen LogP contribution in [0.3, 0.4) is 0 Å². The number of unbranched alkanes of at least 4 members (excludes halogenated alkanes) is 3. The Morgan fingerprint density at radius 1 is 1.19 bits per heavy atom. The van der Waals surface area contributed by atoms with Crippen molar-refractivity contribution in [3.63, 3.8) is 0 Å². The first kappa shape index (κ1) is 17.4. The topological polar surface area (TPSA) is 94.9 Å². The normalized spacial score (nSPS) is 18.4. The smallest absolute Gasteiger partial charge is 0.329 e. The lowest BCUT2D eigenvalue weighted by Gasteiger charge is -2.25. The van der Waals surface area contributed by atoms with Crippen LogP contribution < -0.4 is 0 Å². The number of carboxylic acids is 1. The molecule has 0 saturated heterocycles. The Kier molecular flexibility index (Phi) is 6.08. The van der Waals surface area contributed by atoms with Gasteiger partial charge in [0.15, 0.2) is 6.04 Å². The van der Waals surface area contributed by atoms with Crippen LogP contribution in [0.5, 0.6) is 0 Å². The van der Waals surface area contributed by atoms with Gasteiger partial charge in [-0.25, -0.2) is 4.79 Å². The number of aliphatic hydroxyl groups excluding tert-OH is 1. The third kappa shape index (κ3) is 3.69. The van der Waals surface area contributed by atoms with E-state index in [1.54, 1.807) is 0 Å². The van der Waals surface area contributed by atoms with E-state index in [2.05, 4.69) is 6.92 Å². The average Bonchev–Trinajstić information content (AvgIpc) is 2.60. The second-order valence-corrected chi connectivity index (χ2v) is 5.42. The number of carboxylic acid groups (broad SMARTS) is 1. The fourth-order valence-electron chi connectivity index (χ4n) is 2.52. The fourth-order valence-corrected chi connectivity index (χ4v) is 2.52. The van der Waals surface area contributed by atoms with Crippen molar-refractivity contribution in [1.29, 1.82) is 0 Å². The van der Waals surface area contributed by atoms with Crippen molar-refractivity contribution in [1.82, 2.24) is 4.90 Å². The van der Waals surface area contributed by atoms with Crippen LogP contribution in [0, 0.1) is 0 Å². The summed E-state index contributed by atoms with van der Waals surface area (Å²) >= 11 is 0. The van der Waals surface area contributed by atoms with Crippen LogP contribution in [-0.4, -0.2) is 45.0 Å². The summed E-state index contributed by atoms with van der Waals surface area (Å²) in [7, 11) is 0. The molecule has 6 nitrogen and oxygen atoms in total. The SMILES string of the molecule is CCCCCCC1=C(C)C(=O)N(C(C(=O)O)C(C)O)C1=O. The molecule has 0 saturated carbocycles. The third-order valence-corrected chi connectivity index (χ3v) is 3.74. The van der Waals surface area contributed by atoms with E-state index in [9.17, 15) is 19.5 Å². The summed E-state index contributed by atoms with van der Waals surface area (Å²) in [5.41, 5.74) is 0.673. The molecule has 2 N–H and O–H groups in total. The summed E-state index contributed by atoms with van der Waals surface area (Å²) in [4.78, 5) is 36.3. The van der Waals surface area contributed by atoms with Crippen LogP contribution in [-0.2, 0) is 14.4 Å². The highest BCUT2D eigenvalue weighted by Gasteiger charge is 2.44. The highest BCUT2D eigenvalue weighted by molar-refractivity contribution is 6.20. The van der Waals surface area contributed by atoms with Gasteiger partial charge in [-0.3, -0.25) is 14.5 Å². The highest BCUT2D eigenvalue weighted by atomic mass is 16.4. The molecule has 0 radical (unpaired) electrons. The number of aliphatic carboxylic acids is 1. The van der Waals surface area contributed by atoms with E-state index in [4.69, 9.17) is 5.11 Å². The zero-order valence-corrected chi connectivity index (χ0v) is 12.8. The molecule has 1 aliphatic heterocycles. The van der Waals surface area contributed by atoms with E-state index in [1.165, 1.54) is 13.8 Å². The quantitative estimate of drug-likeness (QED) is 0.522. The molecular formula is C15H23NO5. The molecule has 0 bridgehead atoms. The molecule has 2 atom stereocenters. The van der Waals surface area contributed by atoms with Gasteiger partial charge in [-0.15, -0.1) is 0 Å². The van der Waals surface area contributed by atoms with Crippen LogP contribution in [0.25, 0.3) is 0 Å². The zero-order chi connectivity index (χ0) is 16.2. The lowest BCUT2D eigenvalue weighted by atomic mass is 10.0. The van der Waals surface area contributed by atoms with Gasteiger partial charge in [0.1, 0.15) is 0 Å². The molecular weight excluding hydrogens is 274 g/mol. The summed E-state index contributed by atoms with van der Waals surface area (Å²) in [5.74, 6) is -2.58. The third-order valence-electron chi connectivity index (χ3n) is 3.74.